The maximum atomic E-state index is 12.2. The van der Waals surface area contributed by atoms with Crippen LogP contribution >= 0.6 is 0 Å². The molecule has 0 aromatic carbocycles. The minimum absolute atomic E-state index is 0.334. The van der Waals surface area contributed by atoms with Crippen molar-refractivity contribution in [3.05, 3.63) is 0 Å². The van der Waals surface area contributed by atoms with Crippen molar-refractivity contribution < 1.29 is 4.79 Å². The average molecular weight is 239 g/mol. The molecular weight excluding hydrogens is 214 g/mol. The van der Waals surface area contributed by atoms with Gasteiger partial charge >= 0.3 is 0 Å². The van der Waals surface area contributed by atoms with E-state index in [1.54, 1.807) is 0 Å². The summed E-state index contributed by atoms with van der Waals surface area (Å²) in [6, 6.07) is 0.515. The molecule has 1 amide bonds. The van der Waals surface area contributed by atoms with Gasteiger partial charge in [0.05, 0.1) is 6.54 Å². The zero-order valence-corrected chi connectivity index (χ0v) is 11.0. The number of piperazine rings is 1. The average Bonchev–Trinajstić information content (AvgIpc) is 2.57. The van der Waals surface area contributed by atoms with Crippen LogP contribution in [-0.4, -0.2) is 61.0 Å². The van der Waals surface area contributed by atoms with Gasteiger partial charge in [0, 0.05) is 38.8 Å². The van der Waals surface area contributed by atoms with E-state index in [-0.39, 0.29) is 0 Å². The third-order valence-electron chi connectivity index (χ3n) is 3.77. The van der Waals surface area contributed by atoms with Crippen molar-refractivity contribution in [2.45, 2.75) is 38.6 Å². The molecule has 2 aliphatic heterocycles. The Morgan fingerprint density at radius 3 is 2.53 bits per heavy atom. The summed E-state index contributed by atoms with van der Waals surface area (Å²) in [5.74, 6) is 0.334. The van der Waals surface area contributed by atoms with E-state index in [9.17, 15) is 4.79 Å². The van der Waals surface area contributed by atoms with Crippen LogP contribution in [0.4, 0.5) is 0 Å². The second kappa shape index (κ2) is 6.36. The molecule has 2 fully saturated rings. The number of nitrogens with one attached hydrogen (secondary N) is 1. The molecule has 2 saturated heterocycles. The van der Waals surface area contributed by atoms with Gasteiger partial charge in [0.1, 0.15) is 0 Å². The van der Waals surface area contributed by atoms with Crippen molar-refractivity contribution in [2.75, 3.05) is 39.3 Å². The van der Waals surface area contributed by atoms with Crippen molar-refractivity contribution in [2.24, 2.45) is 0 Å². The highest BCUT2D eigenvalue weighted by molar-refractivity contribution is 5.78. The van der Waals surface area contributed by atoms with Crippen molar-refractivity contribution in [1.29, 1.82) is 0 Å². The van der Waals surface area contributed by atoms with Gasteiger partial charge in [0.15, 0.2) is 0 Å². The summed E-state index contributed by atoms with van der Waals surface area (Å²) in [4.78, 5) is 16.5. The monoisotopic (exact) mass is 239 g/mol. The molecular formula is C13H25N3O. The van der Waals surface area contributed by atoms with Gasteiger partial charge in [-0.25, -0.2) is 0 Å². The zero-order chi connectivity index (χ0) is 12.1. The summed E-state index contributed by atoms with van der Waals surface area (Å²) in [5.41, 5.74) is 0. The fraction of sp³-hybridized carbons (Fsp3) is 0.923. The summed E-state index contributed by atoms with van der Waals surface area (Å²) in [7, 11) is 0. The van der Waals surface area contributed by atoms with E-state index in [0.29, 0.717) is 18.5 Å². The van der Waals surface area contributed by atoms with Crippen molar-refractivity contribution in [3.8, 4) is 0 Å². The molecule has 0 bridgehead atoms. The Balaban J connectivity index is 1.78. The molecule has 4 nitrogen and oxygen atoms in total. The summed E-state index contributed by atoms with van der Waals surface area (Å²) >= 11 is 0. The fourth-order valence-electron chi connectivity index (χ4n) is 2.77. The minimum Gasteiger partial charge on any atom is -0.342 e. The molecule has 2 heterocycles. The van der Waals surface area contributed by atoms with E-state index < -0.39 is 0 Å². The Kier molecular flexibility index (Phi) is 4.80. The molecule has 0 aromatic rings. The SMILES string of the molecule is CC1CN(CC(=O)N2CCCCCC2)CCN1. The first kappa shape index (κ1) is 12.8. The van der Waals surface area contributed by atoms with Crippen molar-refractivity contribution in [3.63, 3.8) is 0 Å². The van der Waals surface area contributed by atoms with Gasteiger partial charge in [-0.15, -0.1) is 0 Å². The van der Waals surface area contributed by atoms with Gasteiger partial charge in [0.25, 0.3) is 0 Å². The molecule has 2 aliphatic rings. The normalized spacial score (nSPS) is 27.8. The number of carbonyl (C=O) groups is 1. The maximum Gasteiger partial charge on any atom is 0.236 e. The first-order valence-corrected chi connectivity index (χ1v) is 6.99. The summed E-state index contributed by atoms with van der Waals surface area (Å²) in [5, 5.41) is 3.41. The predicted octanol–water partition coefficient (Wildman–Crippen LogP) is 0.683. The van der Waals surface area contributed by atoms with Crippen LogP contribution in [0.2, 0.25) is 0 Å². The summed E-state index contributed by atoms with van der Waals surface area (Å²) in [6.45, 7) is 7.76. The van der Waals surface area contributed by atoms with Crippen LogP contribution in [0.5, 0.6) is 0 Å². The third-order valence-corrected chi connectivity index (χ3v) is 3.77. The molecule has 1 unspecified atom stereocenters. The lowest BCUT2D eigenvalue weighted by Gasteiger charge is -2.32. The summed E-state index contributed by atoms with van der Waals surface area (Å²) < 4.78 is 0. The highest BCUT2D eigenvalue weighted by Gasteiger charge is 2.21. The highest BCUT2D eigenvalue weighted by atomic mass is 16.2. The molecule has 1 N–H and O–H groups in total. The Hall–Kier alpha value is -0.610. The number of amides is 1. The second-order valence-electron chi connectivity index (χ2n) is 5.39. The number of hydrogen-bond acceptors (Lipinski definition) is 3. The van der Waals surface area contributed by atoms with E-state index in [2.05, 4.69) is 22.0 Å². The van der Waals surface area contributed by atoms with Gasteiger partial charge < -0.3 is 10.2 Å². The Bertz CT molecular complexity index is 249. The molecule has 0 saturated carbocycles. The lowest BCUT2D eigenvalue weighted by Crippen LogP contribution is -2.52. The predicted molar refractivity (Wildman–Crippen MR) is 69.0 cm³/mol. The van der Waals surface area contributed by atoms with E-state index in [4.69, 9.17) is 0 Å². The number of likely N-dealkylation sites (tertiary alicyclic amines) is 1. The first-order chi connectivity index (χ1) is 8.25. The molecule has 17 heavy (non-hydrogen) atoms. The Labute approximate surface area is 104 Å². The third kappa shape index (κ3) is 3.96. The van der Waals surface area contributed by atoms with Crippen LogP contribution in [0.25, 0.3) is 0 Å². The van der Waals surface area contributed by atoms with Crippen LogP contribution in [0, 0.1) is 0 Å². The standard InChI is InChI=1S/C13H25N3O/c1-12-10-15(9-6-14-12)11-13(17)16-7-4-2-3-5-8-16/h12,14H,2-11H2,1H3. The lowest BCUT2D eigenvalue weighted by atomic mass is 10.2. The van der Waals surface area contributed by atoms with E-state index in [1.165, 1.54) is 25.7 Å². The Morgan fingerprint density at radius 2 is 1.88 bits per heavy atom. The molecule has 0 aromatic heterocycles. The molecule has 98 valence electrons. The number of hydrogen-bond donors (Lipinski definition) is 1. The zero-order valence-electron chi connectivity index (χ0n) is 11.0. The van der Waals surface area contributed by atoms with Gasteiger partial charge in [-0.05, 0) is 19.8 Å². The van der Waals surface area contributed by atoms with Crippen LogP contribution in [-0.2, 0) is 4.79 Å². The van der Waals surface area contributed by atoms with Gasteiger partial charge in [-0.3, -0.25) is 9.69 Å². The maximum absolute atomic E-state index is 12.2. The quantitative estimate of drug-likeness (QED) is 0.770. The van der Waals surface area contributed by atoms with Crippen molar-refractivity contribution >= 4 is 5.91 Å². The van der Waals surface area contributed by atoms with Gasteiger partial charge in [-0.1, -0.05) is 12.8 Å². The van der Waals surface area contributed by atoms with Crippen LogP contribution in [0.1, 0.15) is 32.6 Å². The van der Waals surface area contributed by atoms with E-state index >= 15 is 0 Å². The molecule has 0 spiro atoms. The fourth-order valence-corrected chi connectivity index (χ4v) is 2.77. The molecule has 4 heteroatoms. The Morgan fingerprint density at radius 1 is 1.18 bits per heavy atom. The smallest absolute Gasteiger partial charge is 0.236 e. The number of carbonyl (C=O) groups excluding carboxylic acids is 1. The molecule has 0 aliphatic carbocycles. The number of nitrogens with zero attached hydrogens (tertiary/aromatic N) is 2. The van der Waals surface area contributed by atoms with Crippen LogP contribution in [0.3, 0.4) is 0 Å². The summed E-state index contributed by atoms with van der Waals surface area (Å²) in [6.07, 6.45) is 4.94. The van der Waals surface area contributed by atoms with Crippen LogP contribution < -0.4 is 5.32 Å². The number of rotatable bonds is 2. The van der Waals surface area contributed by atoms with Crippen molar-refractivity contribution in [1.82, 2.24) is 15.1 Å². The highest BCUT2D eigenvalue weighted by Crippen LogP contribution is 2.10. The van der Waals surface area contributed by atoms with E-state index in [1.807, 2.05) is 0 Å². The topological polar surface area (TPSA) is 35.6 Å². The largest absolute Gasteiger partial charge is 0.342 e. The van der Waals surface area contributed by atoms with Crippen LogP contribution in [0.15, 0.2) is 0 Å². The molecule has 1 atom stereocenters. The molecule has 2 rings (SSSR count). The van der Waals surface area contributed by atoms with Gasteiger partial charge in [-0.2, -0.15) is 0 Å². The van der Waals surface area contributed by atoms with Gasteiger partial charge in [0.2, 0.25) is 5.91 Å². The second-order valence-corrected chi connectivity index (χ2v) is 5.39. The molecule has 0 radical (unpaired) electrons. The minimum atomic E-state index is 0.334. The first-order valence-electron chi connectivity index (χ1n) is 6.99. The van der Waals surface area contributed by atoms with E-state index in [0.717, 1.165) is 32.7 Å². The lowest BCUT2D eigenvalue weighted by molar-refractivity contribution is -0.132.